The third-order valence-electron chi connectivity index (χ3n) is 4.93. The summed E-state index contributed by atoms with van der Waals surface area (Å²) in [6.07, 6.45) is 2.26. The van der Waals surface area contributed by atoms with Gasteiger partial charge in [0.05, 0.1) is 6.04 Å². The summed E-state index contributed by atoms with van der Waals surface area (Å²) in [5, 5.41) is 3.02. The number of Topliss-reactive ketones (excluding diaryl/α,β-unsaturated/α-hetero) is 1. The molecule has 0 fully saturated rings. The van der Waals surface area contributed by atoms with Crippen molar-refractivity contribution in [3.8, 4) is 0 Å². The first-order valence-electron chi connectivity index (χ1n) is 8.73. The van der Waals surface area contributed by atoms with E-state index in [4.69, 9.17) is 0 Å². The fraction of sp³-hybridized carbons (Fsp3) is 0.400. The van der Waals surface area contributed by atoms with Crippen LogP contribution in [0.1, 0.15) is 56.6 Å². The number of fused-ring (bicyclic) bond motifs is 1. The molecule has 0 saturated heterocycles. The second-order valence-corrected chi connectivity index (χ2v) is 6.86. The number of rotatable bonds is 5. The summed E-state index contributed by atoms with van der Waals surface area (Å²) in [5.74, 6) is -0.00742. The van der Waals surface area contributed by atoms with Crippen LogP contribution >= 0.6 is 0 Å². The first kappa shape index (κ1) is 17.4. The van der Waals surface area contributed by atoms with Gasteiger partial charge in [-0.2, -0.15) is 0 Å². The molecule has 0 bridgehead atoms. The Morgan fingerprint density at radius 1 is 1.24 bits per heavy atom. The van der Waals surface area contributed by atoms with Crippen LogP contribution in [0, 0.1) is 6.92 Å². The van der Waals surface area contributed by atoms with Gasteiger partial charge in [0.15, 0.2) is 5.78 Å². The second kappa shape index (κ2) is 7.23. The van der Waals surface area contributed by atoms with Crippen molar-refractivity contribution in [3.05, 3.63) is 58.4 Å². The Bertz CT molecular complexity index is 778. The number of likely N-dealkylation sites (N-methyl/N-ethyl adjacent to an activating group) is 1. The van der Waals surface area contributed by atoms with Crippen LogP contribution in [0.2, 0.25) is 0 Å². The van der Waals surface area contributed by atoms with Crippen molar-refractivity contribution in [3.63, 3.8) is 0 Å². The Morgan fingerprint density at radius 3 is 2.60 bits per heavy atom. The average molecular weight is 339 g/mol. The lowest BCUT2D eigenvalue weighted by Gasteiger charge is -2.25. The monoisotopic (exact) mass is 339 g/mol. The van der Waals surface area contributed by atoms with E-state index >= 15 is 0 Å². The second-order valence-electron chi connectivity index (χ2n) is 6.86. The standard InChI is InChI=1S/C20H25N3O2/c1-13-18-15(10-7-11-17(18)24)22-19(13)20(25)21-12-16(23(2)3)14-8-5-4-6-9-14/h4-6,8-9,16,22H,7,10-12H2,1-3H3,(H,21,25)/t16-/m1/s1. The van der Waals surface area contributed by atoms with Gasteiger partial charge in [0.1, 0.15) is 5.69 Å². The highest BCUT2D eigenvalue weighted by Crippen LogP contribution is 2.26. The van der Waals surface area contributed by atoms with Crippen LogP contribution in [0.25, 0.3) is 0 Å². The van der Waals surface area contributed by atoms with Crippen molar-refractivity contribution in [2.45, 2.75) is 32.2 Å². The van der Waals surface area contributed by atoms with E-state index in [1.165, 1.54) is 0 Å². The SMILES string of the molecule is Cc1c(C(=O)NC[C@H](c2ccccc2)N(C)C)[nH]c2c1C(=O)CCC2. The molecule has 132 valence electrons. The molecule has 5 nitrogen and oxygen atoms in total. The zero-order valence-electron chi connectivity index (χ0n) is 15.1. The predicted octanol–water partition coefficient (Wildman–Crippen LogP) is 2.87. The van der Waals surface area contributed by atoms with Gasteiger partial charge < -0.3 is 15.2 Å². The molecule has 0 saturated carbocycles. The van der Waals surface area contributed by atoms with Gasteiger partial charge in [-0.1, -0.05) is 30.3 Å². The maximum atomic E-state index is 12.7. The minimum atomic E-state index is -0.150. The molecule has 2 N–H and O–H groups in total. The lowest BCUT2D eigenvalue weighted by atomic mass is 9.94. The Hall–Kier alpha value is -2.40. The summed E-state index contributed by atoms with van der Waals surface area (Å²) in [6.45, 7) is 2.36. The van der Waals surface area contributed by atoms with Crippen LogP contribution in [0.3, 0.4) is 0 Å². The normalized spacial score (nSPS) is 15.1. The number of carbonyl (C=O) groups excluding carboxylic acids is 2. The molecule has 5 heteroatoms. The van der Waals surface area contributed by atoms with E-state index in [9.17, 15) is 9.59 Å². The minimum absolute atomic E-state index is 0.0941. The molecule has 0 spiro atoms. The quantitative estimate of drug-likeness (QED) is 0.880. The summed E-state index contributed by atoms with van der Waals surface area (Å²) in [6, 6.07) is 10.2. The maximum Gasteiger partial charge on any atom is 0.268 e. The number of carbonyl (C=O) groups is 2. The molecule has 0 radical (unpaired) electrons. The smallest absolute Gasteiger partial charge is 0.268 e. The number of amides is 1. The number of hydrogen-bond donors (Lipinski definition) is 2. The Labute approximate surface area is 148 Å². The number of hydrogen-bond acceptors (Lipinski definition) is 3. The van der Waals surface area contributed by atoms with Crippen LogP contribution < -0.4 is 5.32 Å². The van der Waals surface area contributed by atoms with E-state index in [-0.39, 0.29) is 17.7 Å². The molecule has 1 aliphatic carbocycles. The van der Waals surface area contributed by atoms with Crippen LogP contribution in [0.5, 0.6) is 0 Å². The zero-order chi connectivity index (χ0) is 18.0. The highest BCUT2D eigenvalue weighted by Gasteiger charge is 2.26. The number of nitrogens with zero attached hydrogens (tertiary/aromatic N) is 1. The average Bonchev–Trinajstić information content (AvgIpc) is 2.94. The summed E-state index contributed by atoms with van der Waals surface area (Å²) in [7, 11) is 4.00. The molecule has 2 aromatic rings. The van der Waals surface area contributed by atoms with Crippen molar-refractivity contribution in [1.82, 2.24) is 15.2 Å². The van der Waals surface area contributed by atoms with Gasteiger partial charge >= 0.3 is 0 Å². The Kier molecular flexibility index (Phi) is 5.04. The number of aryl methyl sites for hydroxylation is 1. The Balaban J connectivity index is 1.75. The van der Waals surface area contributed by atoms with Crippen LogP contribution in [-0.4, -0.2) is 42.2 Å². The topological polar surface area (TPSA) is 65.2 Å². The molecular weight excluding hydrogens is 314 g/mol. The van der Waals surface area contributed by atoms with Gasteiger partial charge in [0.25, 0.3) is 5.91 Å². The molecule has 0 aliphatic heterocycles. The summed E-state index contributed by atoms with van der Waals surface area (Å²) in [5.41, 5.74) is 4.09. The van der Waals surface area contributed by atoms with Crippen LogP contribution in [0.4, 0.5) is 0 Å². The Morgan fingerprint density at radius 2 is 1.96 bits per heavy atom. The van der Waals surface area contributed by atoms with Crippen molar-refractivity contribution in [1.29, 1.82) is 0 Å². The van der Waals surface area contributed by atoms with Gasteiger partial charge in [-0.25, -0.2) is 0 Å². The summed E-state index contributed by atoms with van der Waals surface area (Å²) in [4.78, 5) is 30.1. The van der Waals surface area contributed by atoms with Gasteiger partial charge in [-0.15, -0.1) is 0 Å². The van der Waals surface area contributed by atoms with Gasteiger partial charge in [-0.05, 0) is 45.0 Å². The number of H-pyrrole nitrogens is 1. The molecule has 1 aromatic heterocycles. The highest BCUT2D eigenvalue weighted by atomic mass is 16.2. The fourth-order valence-corrected chi connectivity index (χ4v) is 3.55. The van der Waals surface area contributed by atoms with E-state index in [2.05, 4.69) is 27.3 Å². The maximum absolute atomic E-state index is 12.7. The van der Waals surface area contributed by atoms with Crippen molar-refractivity contribution >= 4 is 11.7 Å². The summed E-state index contributed by atoms with van der Waals surface area (Å²) < 4.78 is 0. The van der Waals surface area contributed by atoms with Gasteiger partial charge in [0.2, 0.25) is 0 Å². The zero-order valence-corrected chi connectivity index (χ0v) is 15.1. The minimum Gasteiger partial charge on any atom is -0.354 e. The lowest BCUT2D eigenvalue weighted by molar-refractivity contribution is 0.0936. The molecular formula is C20H25N3O2. The molecule has 1 atom stereocenters. The van der Waals surface area contributed by atoms with E-state index in [1.807, 2.05) is 39.2 Å². The predicted molar refractivity (Wildman–Crippen MR) is 98.0 cm³/mol. The number of benzene rings is 1. The molecule has 1 amide bonds. The first-order valence-corrected chi connectivity index (χ1v) is 8.73. The number of ketones is 1. The van der Waals surface area contributed by atoms with E-state index in [0.717, 1.165) is 35.2 Å². The molecule has 3 rings (SSSR count). The first-order chi connectivity index (χ1) is 12.0. The molecule has 0 unspecified atom stereocenters. The fourth-order valence-electron chi connectivity index (χ4n) is 3.55. The van der Waals surface area contributed by atoms with Crippen molar-refractivity contribution in [2.75, 3.05) is 20.6 Å². The van der Waals surface area contributed by atoms with E-state index in [0.29, 0.717) is 18.7 Å². The molecule has 25 heavy (non-hydrogen) atoms. The van der Waals surface area contributed by atoms with E-state index in [1.54, 1.807) is 0 Å². The van der Waals surface area contributed by atoms with Crippen molar-refractivity contribution in [2.24, 2.45) is 0 Å². The summed E-state index contributed by atoms with van der Waals surface area (Å²) >= 11 is 0. The number of aromatic nitrogens is 1. The van der Waals surface area contributed by atoms with Crippen molar-refractivity contribution < 1.29 is 9.59 Å². The number of nitrogens with one attached hydrogen (secondary N) is 2. The van der Waals surface area contributed by atoms with Crippen LogP contribution in [-0.2, 0) is 6.42 Å². The van der Waals surface area contributed by atoms with Crippen LogP contribution in [0.15, 0.2) is 30.3 Å². The highest BCUT2D eigenvalue weighted by molar-refractivity contribution is 6.04. The lowest BCUT2D eigenvalue weighted by Crippen LogP contribution is -2.35. The van der Waals surface area contributed by atoms with Gasteiger partial charge in [0, 0.05) is 24.2 Å². The third kappa shape index (κ3) is 3.51. The largest absolute Gasteiger partial charge is 0.354 e. The third-order valence-corrected chi connectivity index (χ3v) is 4.93. The van der Waals surface area contributed by atoms with Gasteiger partial charge in [-0.3, -0.25) is 9.59 Å². The molecule has 1 aliphatic rings. The molecule has 1 aromatic carbocycles. The molecule has 1 heterocycles. The van der Waals surface area contributed by atoms with E-state index < -0.39 is 0 Å². The number of aromatic amines is 1.